The van der Waals surface area contributed by atoms with Crippen LogP contribution in [-0.2, 0) is 11.3 Å². The van der Waals surface area contributed by atoms with E-state index >= 15 is 0 Å². The maximum absolute atomic E-state index is 5.36. The van der Waals surface area contributed by atoms with Crippen molar-refractivity contribution in [3.05, 3.63) is 45.9 Å². The average molecular weight is 547 g/mol. The normalized spacial score (nSPS) is 13.3. The topological polar surface area (TPSA) is 59.0 Å². The van der Waals surface area contributed by atoms with E-state index in [1.807, 2.05) is 26.1 Å². The van der Waals surface area contributed by atoms with Crippen molar-refractivity contribution in [2.45, 2.75) is 45.8 Å². The van der Waals surface area contributed by atoms with Gasteiger partial charge in [-0.2, -0.15) is 0 Å². The number of hydrogen-bond donors (Lipinski definition) is 1. The van der Waals surface area contributed by atoms with Gasteiger partial charge in [-0.05, 0) is 43.9 Å². The Kier molecular flexibility index (Phi) is 12.3. The lowest BCUT2D eigenvalue weighted by Gasteiger charge is -2.21. The second-order valence-corrected chi connectivity index (χ2v) is 8.00. The molecule has 0 saturated heterocycles. The van der Waals surface area contributed by atoms with E-state index in [0.29, 0.717) is 12.5 Å². The van der Waals surface area contributed by atoms with Gasteiger partial charge in [0.2, 0.25) is 0 Å². The van der Waals surface area contributed by atoms with Crippen molar-refractivity contribution in [3.63, 3.8) is 0 Å². The second-order valence-electron chi connectivity index (χ2n) is 7.11. The van der Waals surface area contributed by atoms with Crippen molar-refractivity contribution in [3.8, 4) is 5.75 Å². The lowest BCUT2D eigenvalue weighted by atomic mass is 9.98. The third-order valence-electron chi connectivity index (χ3n) is 4.87. The molecule has 0 fully saturated rings. The molecule has 6 nitrogen and oxygen atoms in total. The van der Waals surface area contributed by atoms with Crippen LogP contribution < -0.4 is 10.1 Å². The van der Waals surface area contributed by atoms with Gasteiger partial charge in [-0.25, -0.2) is 4.98 Å². The molecule has 0 aliphatic carbocycles. The SMILES string of the molecule is CCNC(=NCCC(C)c1ccc(OC)cc1)N(C)Cc1csc(C(C)OC)n1.I. The van der Waals surface area contributed by atoms with Crippen LogP contribution >= 0.6 is 35.3 Å². The lowest BCUT2D eigenvalue weighted by Crippen LogP contribution is -2.38. The van der Waals surface area contributed by atoms with Gasteiger partial charge in [0.25, 0.3) is 0 Å². The number of methoxy groups -OCH3 is 2. The Morgan fingerprint density at radius 2 is 1.93 bits per heavy atom. The molecule has 0 spiro atoms. The largest absolute Gasteiger partial charge is 0.497 e. The summed E-state index contributed by atoms with van der Waals surface area (Å²) in [4.78, 5) is 11.6. The van der Waals surface area contributed by atoms with Crippen LogP contribution in [0.1, 0.15) is 55.5 Å². The van der Waals surface area contributed by atoms with Gasteiger partial charge in [0, 0.05) is 32.6 Å². The molecule has 1 aromatic heterocycles. The van der Waals surface area contributed by atoms with Crippen molar-refractivity contribution in [2.75, 3.05) is 34.4 Å². The van der Waals surface area contributed by atoms with Crippen LogP contribution in [0.4, 0.5) is 0 Å². The number of ether oxygens (including phenoxy) is 2. The number of nitrogens with one attached hydrogen (secondary N) is 1. The van der Waals surface area contributed by atoms with Crippen molar-refractivity contribution in [2.24, 2.45) is 4.99 Å². The number of thiazole rings is 1. The molecule has 2 unspecified atom stereocenters. The van der Waals surface area contributed by atoms with Gasteiger partial charge in [0.05, 0.1) is 19.3 Å². The smallest absolute Gasteiger partial charge is 0.194 e. The lowest BCUT2D eigenvalue weighted by molar-refractivity contribution is 0.119. The van der Waals surface area contributed by atoms with Crippen LogP contribution in [0.25, 0.3) is 0 Å². The molecule has 0 bridgehead atoms. The molecule has 0 amide bonds. The Balaban J connectivity index is 0.00000450. The van der Waals surface area contributed by atoms with E-state index in [-0.39, 0.29) is 30.1 Å². The Morgan fingerprint density at radius 1 is 1.23 bits per heavy atom. The molecule has 0 aliphatic rings. The van der Waals surface area contributed by atoms with E-state index < -0.39 is 0 Å². The molecule has 2 aromatic rings. The van der Waals surface area contributed by atoms with Gasteiger partial charge < -0.3 is 19.7 Å². The Hall–Kier alpha value is -1.39. The minimum Gasteiger partial charge on any atom is -0.497 e. The number of rotatable bonds is 10. The summed E-state index contributed by atoms with van der Waals surface area (Å²) in [5, 5.41) is 6.48. The monoisotopic (exact) mass is 546 g/mol. The third-order valence-corrected chi connectivity index (χ3v) is 5.93. The van der Waals surface area contributed by atoms with E-state index in [1.165, 1.54) is 5.56 Å². The summed E-state index contributed by atoms with van der Waals surface area (Å²) in [5.41, 5.74) is 2.34. The number of benzene rings is 1. The molecule has 168 valence electrons. The number of aromatic nitrogens is 1. The summed E-state index contributed by atoms with van der Waals surface area (Å²) >= 11 is 1.64. The van der Waals surface area contributed by atoms with E-state index in [9.17, 15) is 0 Å². The van der Waals surface area contributed by atoms with Crippen LogP contribution in [0, 0.1) is 0 Å². The fourth-order valence-electron chi connectivity index (χ4n) is 2.93. The van der Waals surface area contributed by atoms with E-state index in [1.54, 1.807) is 25.6 Å². The molecule has 1 heterocycles. The van der Waals surface area contributed by atoms with Gasteiger partial charge in [0.1, 0.15) is 16.9 Å². The van der Waals surface area contributed by atoms with Crippen LogP contribution in [0.5, 0.6) is 5.75 Å². The van der Waals surface area contributed by atoms with E-state index in [0.717, 1.165) is 41.9 Å². The van der Waals surface area contributed by atoms with Crippen LogP contribution in [-0.4, -0.2) is 50.2 Å². The molecule has 8 heteroatoms. The second kappa shape index (κ2) is 13.8. The number of guanidine groups is 1. The third kappa shape index (κ3) is 8.03. The van der Waals surface area contributed by atoms with Gasteiger partial charge in [-0.3, -0.25) is 4.99 Å². The Labute approximate surface area is 202 Å². The molecular weight excluding hydrogens is 511 g/mol. The zero-order valence-electron chi connectivity index (χ0n) is 18.8. The van der Waals surface area contributed by atoms with Crippen LogP contribution in [0.3, 0.4) is 0 Å². The molecule has 1 N–H and O–H groups in total. The highest BCUT2D eigenvalue weighted by molar-refractivity contribution is 14.0. The predicted molar refractivity (Wildman–Crippen MR) is 136 cm³/mol. The van der Waals surface area contributed by atoms with Crippen molar-refractivity contribution < 1.29 is 9.47 Å². The quantitative estimate of drug-likeness (QED) is 0.256. The molecule has 1 aromatic carbocycles. The maximum Gasteiger partial charge on any atom is 0.194 e. The van der Waals surface area contributed by atoms with Gasteiger partial charge >= 0.3 is 0 Å². The summed E-state index contributed by atoms with van der Waals surface area (Å²) < 4.78 is 10.6. The highest BCUT2D eigenvalue weighted by atomic mass is 127. The number of halogens is 1. The summed E-state index contributed by atoms with van der Waals surface area (Å²) in [6.07, 6.45) is 1.02. The first-order chi connectivity index (χ1) is 14.0. The standard InChI is InChI=1S/C22H34N4O2S.HI/c1-7-23-22(26(4)14-19-15-29-21(25-19)17(3)27-5)24-13-12-16(2)18-8-10-20(28-6)11-9-18;/h8-11,15-17H,7,12-14H2,1-6H3,(H,23,24);1H. The van der Waals surface area contributed by atoms with E-state index in [2.05, 4.69) is 46.6 Å². The van der Waals surface area contributed by atoms with Crippen molar-refractivity contribution in [1.29, 1.82) is 0 Å². The van der Waals surface area contributed by atoms with Crippen LogP contribution in [0.2, 0.25) is 0 Å². The first-order valence-electron chi connectivity index (χ1n) is 10.1. The summed E-state index contributed by atoms with van der Waals surface area (Å²) in [6.45, 7) is 8.66. The number of aliphatic imine (C=N–C) groups is 1. The van der Waals surface area contributed by atoms with E-state index in [4.69, 9.17) is 14.5 Å². The first kappa shape index (κ1) is 26.6. The minimum atomic E-state index is 0. The zero-order chi connectivity index (χ0) is 21.2. The fourth-order valence-corrected chi connectivity index (χ4v) is 3.78. The predicted octanol–water partition coefficient (Wildman–Crippen LogP) is 5.07. The zero-order valence-corrected chi connectivity index (χ0v) is 22.0. The fraction of sp³-hybridized carbons (Fsp3) is 0.545. The maximum atomic E-state index is 5.36. The summed E-state index contributed by atoms with van der Waals surface area (Å²) in [7, 11) is 5.45. The molecule has 0 radical (unpaired) electrons. The molecule has 2 atom stereocenters. The minimum absolute atomic E-state index is 0. The van der Waals surface area contributed by atoms with Gasteiger partial charge in [-0.15, -0.1) is 35.3 Å². The number of nitrogens with zero attached hydrogens (tertiary/aromatic N) is 3. The summed E-state index contributed by atoms with van der Waals surface area (Å²) in [6, 6.07) is 8.29. The van der Waals surface area contributed by atoms with Crippen LogP contribution in [0.15, 0.2) is 34.6 Å². The molecule has 30 heavy (non-hydrogen) atoms. The van der Waals surface area contributed by atoms with Crippen molar-refractivity contribution >= 4 is 41.3 Å². The number of hydrogen-bond acceptors (Lipinski definition) is 5. The molecular formula is C22H35IN4O2S. The van der Waals surface area contributed by atoms with Crippen molar-refractivity contribution in [1.82, 2.24) is 15.2 Å². The highest BCUT2D eigenvalue weighted by Gasteiger charge is 2.13. The van der Waals surface area contributed by atoms with Gasteiger partial charge in [-0.1, -0.05) is 19.1 Å². The molecule has 0 aliphatic heterocycles. The Bertz CT molecular complexity index is 767. The van der Waals surface area contributed by atoms with Gasteiger partial charge in [0.15, 0.2) is 5.96 Å². The molecule has 2 rings (SSSR count). The Morgan fingerprint density at radius 3 is 2.53 bits per heavy atom. The molecule has 0 saturated carbocycles. The average Bonchev–Trinajstić information content (AvgIpc) is 3.20. The first-order valence-corrected chi connectivity index (χ1v) is 11.0. The highest BCUT2D eigenvalue weighted by Crippen LogP contribution is 2.22. The summed E-state index contributed by atoms with van der Waals surface area (Å²) in [5.74, 6) is 2.23.